The maximum atomic E-state index is 11.7. The smallest absolute Gasteiger partial charge is 0.335 e. The molecule has 3 atom stereocenters. The van der Waals surface area contributed by atoms with Crippen molar-refractivity contribution in [2.45, 2.75) is 38.3 Å². The molecule has 5 rings (SSSR count). The second kappa shape index (κ2) is 10.5. The number of carboxylic acid groups (broad SMARTS) is 1. The van der Waals surface area contributed by atoms with Gasteiger partial charge in [-0.3, -0.25) is 0 Å². The van der Waals surface area contributed by atoms with Crippen LogP contribution in [0.4, 0.5) is 0 Å². The van der Waals surface area contributed by atoms with Crippen molar-refractivity contribution in [2.24, 2.45) is 0 Å². The van der Waals surface area contributed by atoms with Crippen LogP contribution in [0.3, 0.4) is 0 Å². The van der Waals surface area contributed by atoms with E-state index in [-0.39, 0.29) is 30.5 Å². The van der Waals surface area contributed by atoms with Crippen LogP contribution in [0, 0.1) is 6.92 Å². The van der Waals surface area contributed by atoms with Gasteiger partial charge in [-0.1, -0.05) is 72.8 Å². The predicted molar refractivity (Wildman–Crippen MR) is 143 cm³/mol. The number of benzene rings is 4. The van der Waals surface area contributed by atoms with Crippen molar-refractivity contribution in [2.75, 3.05) is 6.54 Å². The molecule has 0 aromatic heterocycles. The normalized spacial score (nSPS) is 17.7. The molecule has 0 amide bonds. The van der Waals surface area contributed by atoms with Crippen LogP contribution in [0.1, 0.15) is 57.9 Å². The number of halogens is 1. The largest absolute Gasteiger partial charge is 0.489 e. The molecule has 5 heteroatoms. The molecule has 0 radical (unpaired) electrons. The van der Waals surface area contributed by atoms with Crippen LogP contribution >= 0.6 is 12.4 Å². The second-order valence-corrected chi connectivity index (χ2v) is 9.14. The van der Waals surface area contributed by atoms with Crippen molar-refractivity contribution in [1.82, 2.24) is 5.32 Å². The minimum Gasteiger partial charge on any atom is -0.489 e. The number of aromatic carboxylic acids is 1. The number of ether oxygens (including phenoxy) is 1. The number of nitrogens with one attached hydrogen (secondary N) is 1. The summed E-state index contributed by atoms with van der Waals surface area (Å²) in [5, 5.41) is 15.8. The third kappa shape index (κ3) is 5.04. The molecule has 2 N–H and O–H groups in total. The van der Waals surface area contributed by atoms with Gasteiger partial charge < -0.3 is 15.2 Å². The Morgan fingerprint density at radius 1 is 1.03 bits per heavy atom. The lowest BCUT2D eigenvalue weighted by Crippen LogP contribution is -2.37. The highest BCUT2D eigenvalue weighted by molar-refractivity contribution is 5.89. The van der Waals surface area contributed by atoms with E-state index in [2.05, 4.69) is 66.8 Å². The van der Waals surface area contributed by atoms with Crippen molar-refractivity contribution in [3.05, 3.63) is 113 Å². The second-order valence-electron chi connectivity index (χ2n) is 9.14. The fraction of sp³-hybridized carbons (Fsp3) is 0.233. The first-order valence-electron chi connectivity index (χ1n) is 11.8. The Morgan fingerprint density at radius 2 is 1.77 bits per heavy atom. The fourth-order valence-electron chi connectivity index (χ4n) is 5.07. The molecule has 4 aromatic rings. The lowest BCUT2D eigenvalue weighted by atomic mass is 9.83. The molecule has 0 spiro atoms. The summed E-state index contributed by atoms with van der Waals surface area (Å²) in [5.74, 6) is 0.0750. The van der Waals surface area contributed by atoms with E-state index in [1.807, 2.05) is 37.3 Å². The minimum absolute atomic E-state index is 0. The Kier molecular flexibility index (Phi) is 7.44. The standard InChI is InChI=1S/C30H29NO3.ClH/c1-19-14-15-22(16-27(19)30(32)33)28-17-23(34-29-13-6-5-11-26(28)29)18-31-20(2)24-12-7-9-21-8-3-4-10-25(21)24;/h3-16,20,23,28,31H,17-18H2,1-2H3,(H,32,33);1H/t20?,23-,28+;/m0./s1. The Hall–Kier alpha value is -3.34. The van der Waals surface area contributed by atoms with Gasteiger partial charge in [0.25, 0.3) is 0 Å². The first kappa shape index (κ1) is 24.8. The number of para-hydroxylation sites is 1. The van der Waals surface area contributed by atoms with Crippen LogP contribution < -0.4 is 10.1 Å². The quantitative estimate of drug-likeness (QED) is 0.310. The maximum Gasteiger partial charge on any atom is 0.335 e. The molecular weight excluding hydrogens is 458 g/mol. The molecule has 0 fully saturated rings. The summed E-state index contributed by atoms with van der Waals surface area (Å²) in [6.45, 7) is 4.73. The van der Waals surface area contributed by atoms with E-state index in [0.29, 0.717) is 12.1 Å². The van der Waals surface area contributed by atoms with Crippen molar-refractivity contribution in [3.8, 4) is 5.75 Å². The fourth-order valence-corrected chi connectivity index (χ4v) is 5.07. The van der Waals surface area contributed by atoms with Crippen molar-refractivity contribution in [3.63, 3.8) is 0 Å². The molecule has 1 heterocycles. The van der Waals surface area contributed by atoms with Crippen LogP contribution in [0.25, 0.3) is 10.8 Å². The Bertz CT molecular complexity index is 1350. The van der Waals surface area contributed by atoms with Gasteiger partial charge >= 0.3 is 5.97 Å². The van der Waals surface area contributed by atoms with Crippen molar-refractivity contribution in [1.29, 1.82) is 0 Å². The highest BCUT2D eigenvalue weighted by Crippen LogP contribution is 2.40. The number of rotatable bonds is 6. The molecule has 180 valence electrons. The van der Waals surface area contributed by atoms with Gasteiger partial charge in [-0.15, -0.1) is 12.4 Å². The predicted octanol–water partition coefficient (Wildman–Crippen LogP) is 6.90. The summed E-state index contributed by atoms with van der Waals surface area (Å²) in [4.78, 5) is 11.7. The zero-order chi connectivity index (χ0) is 23.7. The van der Waals surface area contributed by atoms with E-state index in [9.17, 15) is 9.90 Å². The SMILES string of the molecule is Cc1ccc([C@H]2C[C@@H](CNC(C)c3cccc4ccccc34)Oc3ccccc32)cc1C(=O)O.Cl. The molecule has 35 heavy (non-hydrogen) atoms. The summed E-state index contributed by atoms with van der Waals surface area (Å²) in [6.07, 6.45) is 0.765. The molecule has 1 aliphatic rings. The van der Waals surface area contributed by atoms with Crippen LogP contribution in [0.2, 0.25) is 0 Å². The first-order chi connectivity index (χ1) is 16.5. The molecule has 0 aliphatic carbocycles. The Labute approximate surface area is 212 Å². The van der Waals surface area contributed by atoms with E-state index in [0.717, 1.165) is 28.9 Å². The van der Waals surface area contributed by atoms with Crippen LogP contribution in [-0.2, 0) is 0 Å². The number of carbonyl (C=O) groups is 1. The van der Waals surface area contributed by atoms with E-state index in [1.165, 1.54) is 16.3 Å². The molecule has 4 aromatic carbocycles. The number of fused-ring (bicyclic) bond motifs is 2. The number of aryl methyl sites for hydroxylation is 1. The van der Waals surface area contributed by atoms with E-state index < -0.39 is 5.97 Å². The molecule has 4 nitrogen and oxygen atoms in total. The minimum atomic E-state index is -0.887. The number of hydrogen-bond acceptors (Lipinski definition) is 3. The van der Waals surface area contributed by atoms with E-state index >= 15 is 0 Å². The average Bonchev–Trinajstić information content (AvgIpc) is 2.86. The molecular formula is C30H30ClNO3. The third-order valence-electron chi connectivity index (χ3n) is 6.92. The van der Waals surface area contributed by atoms with Gasteiger partial charge in [-0.2, -0.15) is 0 Å². The summed E-state index contributed by atoms with van der Waals surface area (Å²) in [6, 6.07) is 29.0. The van der Waals surface area contributed by atoms with Gasteiger partial charge in [0.2, 0.25) is 0 Å². The van der Waals surface area contributed by atoms with Gasteiger partial charge in [0.1, 0.15) is 11.9 Å². The van der Waals surface area contributed by atoms with Crippen LogP contribution in [0.15, 0.2) is 84.9 Å². The Balaban J connectivity index is 0.00000289. The molecule has 0 bridgehead atoms. The summed E-state index contributed by atoms with van der Waals surface area (Å²) >= 11 is 0. The highest BCUT2D eigenvalue weighted by Gasteiger charge is 2.30. The van der Waals surface area contributed by atoms with Gasteiger partial charge in [0.05, 0.1) is 5.56 Å². The lowest BCUT2D eigenvalue weighted by Gasteiger charge is -2.33. The molecule has 0 saturated heterocycles. The van der Waals surface area contributed by atoms with Crippen LogP contribution in [0.5, 0.6) is 5.75 Å². The molecule has 1 unspecified atom stereocenters. The number of hydrogen-bond donors (Lipinski definition) is 2. The van der Waals surface area contributed by atoms with Crippen LogP contribution in [-0.4, -0.2) is 23.7 Å². The zero-order valence-corrected chi connectivity index (χ0v) is 20.7. The molecule has 0 saturated carbocycles. The highest BCUT2D eigenvalue weighted by atomic mass is 35.5. The number of carboxylic acids is 1. The summed E-state index contributed by atoms with van der Waals surface area (Å²) in [7, 11) is 0. The first-order valence-corrected chi connectivity index (χ1v) is 11.8. The Morgan fingerprint density at radius 3 is 2.60 bits per heavy atom. The third-order valence-corrected chi connectivity index (χ3v) is 6.92. The summed E-state index contributed by atoms with van der Waals surface area (Å²) in [5.41, 5.74) is 4.54. The maximum absolute atomic E-state index is 11.7. The van der Waals surface area contributed by atoms with E-state index in [1.54, 1.807) is 0 Å². The van der Waals surface area contributed by atoms with Gasteiger partial charge in [-0.05, 0) is 59.9 Å². The van der Waals surface area contributed by atoms with Gasteiger partial charge in [0.15, 0.2) is 0 Å². The van der Waals surface area contributed by atoms with Gasteiger partial charge in [-0.25, -0.2) is 4.79 Å². The summed E-state index contributed by atoms with van der Waals surface area (Å²) < 4.78 is 6.38. The van der Waals surface area contributed by atoms with E-state index in [4.69, 9.17) is 4.74 Å². The van der Waals surface area contributed by atoms with Crippen molar-refractivity contribution < 1.29 is 14.6 Å². The topological polar surface area (TPSA) is 58.6 Å². The molecule has 1 aliphatic heterocycles. The average molecular weight is 488 g/mol. The monoisotopic (exact) mass is 487 g/mol. The van der Waals surface area contributed by atoms with Crippen molar-refractivity contribution >= 4 is 29.1 Å². The zero-order valence-electron chi connectivity index (χ0n) is 19.9. The lowest BCUT2D eigenvalue weighted by molar-refractivity contribution is 0.0696. The van der Waals surface area contributed by atoms with Gasteiger partial charge in [0, 0.05) is 24.1 Å².